The maximum Gasteiger partial charge on any atom is 0.337 e. The van der Waals surface area contributed by atoms with Gasteiger partial charge < -0.3 is 15.5 Å². The van der Waals surface area contributed by atoms with Crippen molar-refractivity contribution in [1.82, 2.24) is 5.32 Å². The third-order valence-electron chi connectivity index (χ3n) is 2.85. The van der Waals surface area contributed by atoms with E-state index in [0.29, 0.717) is 5.56 Å². The Labute approximate surface area is 128 Å². The van der Waals surface area contributed by atoms with Gasteiger partial charge in [-0.2, -0.15) is 0 Å². The average molecular weight is 330 g/mol. The van der Waals surface area contributed by atoms with Crippen molar-refractivity contribution in [3.8, 4) is 0 Å². The number of benzene rings is 1. The summed E-state index contributed by atoms with van der Waals surface area (Å²) in [6, 6.07) is 4.35. The molecule has 22 heavy (non-hydrogen) atoms. The molecular formula is C13H18N2O6S. The summed E-state index contributed by atoms with van der Waals surface area (Å²) in [5.41, 5.74) is -1.08. The van der Waals surface area contributed by atoms with Crippen molar-refractivity contribution in [3.63, 3.8) is 0 Å². The quantitative estimate of drug-likeness (QED) is 0.577. The number of aliphatic hydroxyl groups is 1. The Morgan fingerprint density at radius 1 is 1.32 bits per heavy atom. The summed E-state index contributed by atoms with van der Waals surface area (Å²) < 4.78 is 24.8. The third kappa shape index (κ3) is 5.01. The summed E-state index contributed by atoms with van der Waals surface area (Å²) in [6.07, 6.45) is 0.989. The second-order valence-electron chi connectivity index (χ2n) is 5.17. The maximum atomic E-state index is 12.0. The van der Waals surface area contributed by atoms with Gasteiger partial charge in [0, 0.05) is 5.56 Å². The van der Waals surface area contributed by atoms with Crippen LogP contribution in [0.5, 0.6) is 0 Å². The molecule has 0 heterocycles. The largest absolute Gasteiger partial charge is 0.479 e. The summed E-state index contributed by atoms with van der Waals surface area (Å²) in [5.74, 6) is -2.09. The first kappa shape index (κ1) is 17.9. The van der Waals surface area contributed by atoms with Gasteiger partial charge in [0.15, 0.2) is 5.60 Å². The molecule has 0 fully saturated rings. The molecule has 0 radical (unpaired) electrons. The molecule has 1 rings (SSSR count). The Balaban J connectivity index is 2.91. The molecule has 1 amide bonds. The molecule has 1 aromatic rings. The van der Waals surface area contributed by atoms with Gasteiger partial charge in [0.05, 0.1) is 18.5 Å². The fourth-order valence-corrected chi connectivity index (χ4v) is 2.12. The lowest BCUT2D eigenvalue weighted by Crippen LogP contribution is -2.46. The minimum Gasteiger partial charge on any atom is -0.479 e. The van der Waals surface area contributed by atoms with Crippen molar-refractivity contribution >= 4 is 27.6 Å². The minimum absolute atomic E-state index is 0.137. The molecule has 1 unspecified atom stereocenters. The Morgan fingerprint density at radius 2 is 1.91 bits per heavy atom. The maximum absolute atomic E-state index is 12.0. The van der Waals surface area contributed by atoms with Crippen LogP contribution in [0.25, 0.3) is 0 Å². The van der Waals surface area contributed by atoms with Crippen LogP contribution in [0.2, 0.25) is 0 Å². The Bertz CT molecular complexity index is 696. The van der Waals surface area contributed by atoms with E-state index in [9.17, 15) is 23.1 Å². The first-order valence-corrected chi connectivity index (χ1v) is 8.14. The smallest absolute Gasteiger partial charge is 0.337 e. The standard InChI is InChI=1S/C13H18N2O6S/c1-8-4-5-9(6-10(8)15-22(3,20)21)11(16)14-7-13(2,19)12(17)18/h4-6,15,19H,7H2,1-3H3,(H,14,16)(H,17,18). The number of hydrogen-bond donors (Lipinski definition) is 4. The zero-order chi connectivity index (χ0) is 17.1. The number of carbonyl (C=O) groups excluding carboxylic acids is 1. The Hall–Kier alpha value is -2.13. The minimum atomic E-state index is -3.49. The molecule has 0 saturated heterocycles. The van der Waals surface area contributed by atoms with Crippen LogP contribution >= 0.6 is 0 Å². The number of amides is 1. The molecule has 1 aromatic carbocycles. The highest BCUT2D eigenvalue weighted by Crippen LogP contribution is 2.18. The predicted molar refractivity (Wildman–Crippen MR) is 80.2 cm³/mol. The lowest BCUT2D eigenvalue weighted by Gasteiger charge is -2.18. The van der Waals surface area contributed by atoms with Crippen LogP contribution in [-0.4, -0.2) is 48.9 Å². The van der Waals surface area contributed by atoms with E-state index in [2.05, 4.69) is 10.0 Å². The van der Waals surface area contributed by atoms with Crippen LogP contribution in [0.3, 0.4) is 0 Å². The molecule has 1 atom stereocenters. The molecule has 0 spiro atoms. The SMILES string of the molecule is Cc1ccc(C(=O)NCC(C)(O)C(=O)O)cc1NS(C)(=O)=O. The van der Waals surface area contributed by atoms with Gasteiger partial charge in [-0.15, -0.1) is 0 Å². The third-order valence-corrected chi connectivity index (χ3v) is 3.44. The van der Waals surface area contributed by atoms with Gasteiger partial charge in [-0.1, -0.05) is 6.07 Å². The van der Waals surface area contributed by atoms with Crippen LogP contribution in [0, 0.1) is 6.92 Å². The fraction of sp³-hybridized carbons (Fsp3) is 0.385. The molecule has 122 valence electrons. The number of carbonyl (C=O) groups is 2. The number of hydrogen-bond acceptors (Lipinski definition) is 5. The van der Waals surface area contributed by atoms with E-state index in [1.54, 1.807) is 13.0 Å². The first-order chi connectivity index (χ1) is 9.92. The molecule has 0 saturated carbocycles. The molecule has 0 aliphatic carbocycles. The van der Waals surface area contributed by atoms with Gasteiger partial charge in [-0.05, 0) is 31.5 Å². The summed E-state index contributed by atoms with van der Waals surface area (Å²) in [5, 5.41) is 20.6. The topological polar surface area (TPSA) is 133 Å². The Kier molecular flexibility index (Phi) is 5.15. The zero-order valence-corrected chi connectivity index (χ0v) is 13.2. The normalized spacial score (nSPS) is 14.0. The lowest BCUT2D eigenvalue weighted by atomic mass is 10.1. The van der Waals surface area contributed by atoms with Crippen LogP contribution in [0.15, 0.2) is 18.2 Å². The van der Waals surface area contributed by atoms with Gasteiger partial charge in [-0.25, -0.2) is 13.2 Å². The van der Waals surface area contributed by atoms with Gasteiger partial charge in [0.25, 0.3) is 5.91 Å². The van der Waals surface area contributed by atoms with Crippen molar-refractivity contribution in [2.45, 2.75) is 19.4 Å². The monoisotopic (exact) mass is 330 g/mol. The summed E-state index contributed by atoms with van der Waals surface area (Å²) in [6.45, 7) is 2.25. The van der Waals surface area contributed by atoms with Crippen molar-refractivity contribution in [3.05, 3.63) is 29.3 Å². The van der Waals surface area contributed by atoms with E-state index in [1.807, 2.05) is 0 Å². The number of aryl methyl sites for hydroxylation is 1. The summed E-state index contributed by atoms with van der Waals surface area (Å²) in [4.78, 5) is 22.7. The number of sulfonamides is 1. The molecule has 0 aromatic heterocycles. The predicted octanol–water partition coefficient (Wildman–Crippen LogP) is -0.0681. The van der Waals surface area contributed by atoms with Crippen LogP contribution in [-0.2, 0) is 14.8 Å². The molecule has 9 heteroatoms. The van der Waals surface area contributed by atoms with E-state index >= 15 is 0 Å². The fourth-order valence-electron chi connectivity index (χ4n) is 1.50. The molecule has 0 aliphatic heterocycles. The average Bonchev–Trinajstić information content (AvgIpc) is 2.37. The van der Waals surface area contributed by atoms with Crippen molar-refractivity contribution in [1.29, 1.82) is 0 Å². The summed E-state index contributed by atoms with van der Waals surface area (Å²) >= 11 is 0. The van der Waals surface area contributed by atoms with Crippen molar-refractivity contribution < 1.29 is 28.2 Å². The van der Waals surface area contributed by atoms with Gasteiger partial charge in [0.1, 0.15) is 0 Å². The van der Waals surface area contributed by atoms with E-state index in [-0.39, 0.29) is 11.3 Å². The molecule has 4 N–H and O–H groups in total. The van der Waals surface area contributed by atoms with Crippen LogP contribution in [0.1, 0.15) is 22.8 Å². The number of anilines is 1. The second-order valence-corrected chi connectivity index (χ2v) is 6.91. The first-order valence-electron chi connectivity index (χ1n) is 6.25. The second kappa shape index (κ2) is 6.32. The van der Waals surface area contributed by atoms with Crippen molar-refractivity contribution in [2.24, 2.45) is 0 Å². The number of carboxylic acid groups (broad SMARTS) is 1. The van der Waals surface area contributed by atoms with E-state index in [1.165, 1.54) is 12.1 Å². The van der Waals surface area contributed by atoms with E-state index in [0.717, 1.165) is 13.2 Å². The van der Waals surface area contributed by atoms with Crippen LogP contribution in [0.4, 0.5) is 5.69 Å². The number of rotatable bonds is 6. The van der Waals surface area contributed by atoms with Gasteiger partial charge >= 0.3 is 5.97 Å². The number of carboxylic acids is 1. The van der Waals surface area contributed by atoms with Gasteiger partial charge in [-0.3, -0.25) is 9.52 Å². The Morgan fingerprint density at radius 3 is 2.41 bits per heavy atom. The molecule has 0 bridgehead atoms. The van der Waals surface area contributed by atoms with Crippen molar-refractivity contribution in [2.75, 3.05) is 17.5 Å². The number of nitrogens with one attached hydrogen (secondary N) is 2. The summed E-state index contributed by atoms with van der Waals surface area (Å²) in [7, 11) is -3.49. The zero-order valence-electron chi connectivity index (χ0n) is 12.4. The van der Waals surface area contributed by atoms with Gasteiger partial charge in [0.2, 0.25) is 10.0 Å². The lowest BCUT2D eigenvalue weighted by molar-refractivity contribution is -0.155. The van der Waals surface area contributed by atoms with Crippen LogP contribution < -0.4 is 10.0 Å². The van der Waals surface area contributed by atoms with E-state index in [4.69, 9.17) is 5.11 Å². The molecule has 8 nitrogen and oxygen atoms in total. The highest BCUT2D eigenvalue weighted by Gasteiger charge is 2.30. The van der Waals surface area contributed by atoms with E-state index < -0.39 is 34.0 Å². The molecule has 0 aliphatic rings. The highest BCUT2D eigenvalue weighted by molar-refractivity contribution is 7.92. The molecular weight excluding hydrogens is 312 g/mol. The number of aliphatic carboxylic acids is 1. The highest BCUT2D eigenvalue weighted by atomic mass is 32.2.